The Morgan fingerprint density at radius 1 is 1.43 bits per heavy atom. The maximum Gasteiger partial charge on any atom is 0.274 e. The fourth-order valence-electron chi connectivity index (χ4n) is 2.93. The molecule has 21 heavy (non-hydrogen) atoms. The van der Waals surface area contributed by atoms with Gasteiger partial charge in [0.1, 0.15) is 5.69 Å². The van der Waals surface area contributed by atoms with Crippen molar-refractivity contribution in [2.75, 3.05) is 39.0 Å². The number of nitrogens with two attached hydrogens (primary N) is 1. The van der Waals surface area contributed by atoms with Gasteiger partial charge in [0.2, 0.25) is 0 Å². The van der Waals surface area contributed by atoms with Crippen LogP contribution in [0.25, 0.3) is 0 Å². The minimum absolute atomic E-state index is 0.0468. The van der Waals surface area contributed by atoms with Crippen molar-refractivity contribution in [1.29, 1.82) is 0 Å². The van der Waals surface area contributed by atoms with E-state index in [-0.39, 0.29) is 18.6 Å². The van der Waals surface area contributed by atoms with Crippen molar-refractivity contribution in [3.8, 4) is 0 Å². The Morgan fingerprint density at radius 2 is 2.05 bits per heavy atom. The summed E-state index contributed by atoms with van der Waals surface area (Å²) in [6.45, 7) is 3.99. The van der Waals surface area contributed by atoms with Crippen LogP contribution in [0.15, 0.2) is 0 Å². The molecule has 0 saturated carbocycles. The average molecular weight is 295 g/mol. The summed E-state index contributed by atoms with van der Waals surface area (Å²) in [4.78, 5) is 16.8. The minimum Gasteiger partial charge on any atom is -0.395 e. The highest BCUT2D eigenvalue weighted by molar-refractivity contribution is 5.98. The van der Waals surface area contributed by atoms with Gasteiger partial charge in [0.25, 0.3) is 5.91 Å². The van der Waals surface area contributed by atoms with E-state index >= 15 is 0 Å². The van der Waals surface area contributed by atoms with Gasteiger partial charge < -0.3 is 20.6 Å². The van der Waals surface area contributed by atoms with Gasteiger partial charge in [-0.3, -0.25) is 9.48 Å². The molecule has 118 valence electrons. The van der Waals surface area contributed by atoms with Crippen LogP contribution >= 0.6 is 0 Å². The number of nitrogens with zero attached hydrogens (tertiary/aromatic N) is 4. The molecule has 2 heterocycles. The molecule has 3 N–H and O–H groups in total. The Hall–Kier alpha value is -1.60. The Bertz CT molecular complexity index is 506. The lowest BCUT2D eigenvalue weighted by molar-refractivity contribution is 0.0530. The lowest BCUT2D eigenvalue weighted by Gasteiger charge is -2.37. The number of anilines is 1. The van der Waals surface area contributed by atoms with Crippen LogP contribution in [-0.4, -0.2) is 69.9 Å². The van der Waals surface area contributed by atoms with Gasteiger partial charge in [-0.2, -0.15) is 5.10 Å². The third kappa shape index (κ3) is 3.19. The molecule has 1 aromatic rings. The lowest BCUT2D eigenvalue weighted by atomic mass is 10.0. The van der Waals surface area contributed by atoms with Crippen molar-refractivity contribution in [1.82, 2.24) is 19.6 Å². The van der Waals surface area contributed by atoms with Crippen molar-refractivity contribution < 1.29 is 9.90 Å². The molecule has 0 aliphatic carbocycles. The van der Waals surface area contributed by atoms with Crippen LogP contribution in [0.1, 0.15) is 29.0 Å². The first-order valence-corrected chi connectivity index (χ1v) is 7.35. The zero-order chi connectivity index (χ0) is 15.6. The second kappa shape index (κ2) is 6.44. The molecule has 1 saturated heterocycles. The van der Waals surface area contributed by atoms with E-state index in [1.165, 1.54) is 4.68 Å². The summed E-state index contributed by atoms with van der Waals surface area (Å²) in [5.41, 5.74) is 7.49. The second-order valence-corrected chi connectivity index (χ2v) is 5.73. The minimum atomic E-state index is -0.140. The van der Waals surface area contributed by atoms with Crippen molar-refractivity contribution >= 4 is 11.6 Å². The van der Waals surface area contributed by atoms with Gasteiger partial charge >= 0.3 is 0 Å². The standard InChI is InChI=1S/C14H25N5O2/c1-10-12(15)13(18(3)16-10)14(21)19(8-9-20)11-4-6-17(2)7-5-11/h11,20H,4-9,15H2,1-3H3. The Labute approximate surface area is 125 Å². The number of hydrogen-bond acceptors (Lipinski definition) is 5. The number of hydrogen-bond donors (Lipinski definition) is 2. The number of amides is 1. The zero-order valence-electron chi connectivity index (χ0n) is 13.0. The van der Waals surface area contributed by atoms with E-state index in [4.69, 9.17) is 5.73 Å². The zero-order valence-corrected chi connectivity index (χ0v) is 13.0. The topological polar surface area (TPSA) is 87.6 Å². The van der Waals surface area contributed by atoms with Gasteiger partial charge in [-0.25, -0.2) is 0 Å². The van der Waals surface area contributed by atoms with E-state index in [1.54, 1.807) is 18.9 Å². The van der Waals surface area contributed by atoms with Crippen molar-refractivity contribution in [2.45, 2.75) is 25.8 Å². The molecule has 0 atom stereocenters. The monoisotopic (exact) mass is 295 g/mol. The van der Waals surface area contributed by atoms with Crippen molar-refractivity contribution in [3.63, 3.8) is 0 Å². The molecule has 0 spiro atoms. The molecule has 1 aliphatic rings. The number of aromatic nitrogens is 2. The summed E-state index contributed by atoms with van der Waals surface area (Å²) in [7, 11) is 3.80. The quantitative estimate of drug-likeness (QED) is 0.806. The summed E-state index contributed by atoms with van der Waals surface area (Å²) in [5, 5.41) is 13.5. The van der Waals surface area contributed by atoms with Crippen molar-refractivity contribution in [2.24, 2.45) is 7.05 Å². The summed E-state index contributed by atoms with van der Waals surface area (Å²) in [6, 6.07) is 0.149. The highest BCUT2D eigenvalue weighted by Gasteiger charge is 2.30. The molecule has 7 heteroatoms. The summed E-state index contributed by atoms with van der Waals surface area (Å²) in [6.07, 6.45) is 1.83. The summed E-state index contributed by atoms with van der Waals surface area (Å²) >= 11 is 0. The number of rotatable bonds is 4. The highest BCUT2D eigenvalue weighted by atomic mass is 16.3. The Kier molecular flexibility index (Phi) is 4.84. The molecule has 0 aromatic carbocycles. The van der Waals surface area contributed by atoms with E-state index in [2.05, 4.69) is 17.0 Å². The van der Waals surface area contributed by atoms with Crippen LogP contribution in [-0.2, 0) is 7.05 Å². The molecule has 0 bridgehead atoms. The first-order chi connectivity index (χ1) is 9.95. The fraction of sp³-hybridized carbons (Fsp3) is 0.714. The number of aliphatic hydroxyl groups is 1. The molecule has 7 nitrogen and oxygen atoms in total. The van der Waals surface area contributed by atoms with E-state index in [9.17, 15) is 9.90 Å². The predicted molar refractivity (Wildman–Crippen MR) is 81.0 cm³/mol. The van der Waals surface area contributed by atoms with Crippen LogP contribution in [0.2, 0.25) is 0 Å². The summed E-state index contributed by atoms with van der Waals surface area (Å²) < 4.78 is 1.53. The second-order valence-electron chi connectivity index (χ2n) is 5.73. The number of nitrogen functional groups attached to an aromatic ring is 1. The number of piperidine rings is 1. The van der Waals surface area contributed by atoms with Gasteiger partial charge in [-0.1, -0.05) is 0 Å². The fourth-order valence-corrected chi connectivity index (χ4v) is 2.93. The maximum atomic E-state index is 12.8. The van der Waals surface area contributed by atoms with Crippen molar-refractivity contribution in [3.05, 3.63) is 11.4 Å². The smallest absolute Gasteiger partial charge is 0.274 e. The third-order valence-corrected chi connectivity index (χ3v) is 4.20. The first-order valence-electron chi connectivity index (χ1n) is 7.35. The number of aryl methyl sites for hydroxylation is 2. The molecule has 1 aliphatic heterocycles. The average Bonchev–Trinajstić information content (AvgIpc) is 2.70. The SMILES string of the molecule is Cc1nn(C)c(C(=O)N(CCO)C2CCN(C)CC2)c1N. The van der Waals surface area contributed by atoms with Gasteiger partial charge in [-0.05, 0) is 39.9 Å². The number of carbonyl (C=O) groups excluding carboxylic acids is 1. The molecular weight excluding hydrogens is 270 g/mol. The van der Waals surface area contributed by atoms with Crippen LogP contribution in [0.5, 0.6) is 0 Å². The normalized spacial score (nSPS) is 17.1. The molecule has 1 amide bonds. The molecule has 1 fully saturated rings. The molecule has 1 aromatic heterocycles. The highest BCUT2D eigenvalue weighted by Crippen LogP contribution is 2.22. The first kappa shape index (κ1) is 15.8. The lowest BCUT2D eigenvalue weighted by Crippen LogP contribution is -2.48. The van der Waals surface area contributed by atoms with E-state index in [0.717, 1.165) is 25.9 Å². The number of carbonyl (C=O) groups is 1. The van der Waals surface area contributed by atoms with E-state index < -0.39 is 0 Å². The number of aliphatic hydroxyl groups excluding tert-OH is 1. The molecule has 2 rings (SSSR count). The predicted octanol–water partition coefficient (Wildman–Crippen LogP) is -0.161. The summed E-state index contributed by atoms with van der Waals surface area (Å²) in [5.74, 6) is -0.140. The van der Waals surface area contributed by atoms with Crippen LogP contribution in [0, 0.1) is 6.92 Å². The van der Waals surface area contributed by atoms with E-state index in [0.29, 0.717) is 23.6 Å². The molecular formula is C14H25N5O2. The van der Waals surface area contributed by atoms with Gasteiger partial charge in [-0.15, -0.1) is 0 Å². The Morgan fingerprint density at radius 3 is 2.52 bits per heavy atom. The largest absolute Gasteiger partial charge is 0.395 e. The maximum absolute atomic E-state index is 12.8. The van der Waals surface area contributed by atoms with E-state index in [1.807, 2.05) is 0 Å². The van der Waals surface area contributed by atoms with Gasteiger partial charge in [0.05, 0.1) is 18.0 Å². The Balaban J connectivity index is 2.23. The van der Waals surface area contributed by atoms with Crippen LogP contribution < -0.4 is 5.73 Å². The molecule has 0 radical (unpaired) electrons. The number of likely N-dealkylation sites (tertiary alicyclic amines) is 1. The van der Waals surface area contributed by atoms with Crippen LogP contribution in [0.4, 0.5) is 5.69 Å². The van der Waals surface area contributed by atoms with Gasteiger partial charge in [0, 0.05) is 19.6 Å². The van der Waals surface area contributed by atoms with Crippen LogP contribution in [0.3, 0.4) is 0 Å². The molecule has 0 unspecified atom stereocenters. The van der Waals surface area contributed by atoms with Gasteiger partial charge in [0.15, 0.2) is 0 Å². The third-order valence-electron chi connectivity index (χ3n) is 4.20.